The summed E-state index contributed by atoms with van der Waals surface area (Å²) < 4.78 is 57.1. The van der Waals surface area contributed by atoms with Gasteiger partial charge in [0, 0.05) is 5.92 Å². The van der Waals surface area contributed by atoms with Crippen molar-refractivity contribution in [3.05, 3.63) is 0 Å². The van der Waals surface area contributed by atoms with Crippen molar-refractivity contribution in [1.29, 1.82) is 0 Å². The normalized spacial score (nSPS) is 49.5. The number of fused-ring (bicyclic) bond motifs is 2. The second kappa shape index (κ2) is 9.06. The summed E-state index contributed by atoms with van der Waals surface area (Å²) in [6.07, 6.45) is -2.91. The Morgan fingerprint density at radius 3 is 1.42 bits per heavy atom. The quantitative estimate of drug-likeness (QED) is 0.579. The molecule has 36 heavy (non-hydrogen) atoms. The van der Waals surface area contributed by atoms with Crippen LogP contribution in [0.25, 0.3) is 0 Å². The second-order valence-corrected chi connectivity index (χ2v) is 12.2. The highest BCUT2D eigenvalue weighted by atomic mass is 16.9. The molecule has 6 rings (SSSR count). The average Bonchev–Trinajstić information content (AvgIpc) is 3.53. The fourth-order valence-electron chi connectivity index (χ4n) is 5.69. The van der Waals surface area contributed by atoms with Crippen LogP contribution in [0.2, 0.25) is 0 Å². The Bertz CT molecular complexity index is 748. The Morgan fingerprint density at radius 2 is 0.972 bits per heavy atom. The lowest BCUT2D eigenvalue weighted by Crippen LogP contribution is -2.42. The molecule has 6 aliphatic heterocycles. The lowest BCUT2D eigenvalue weighted by Gasteiger charge is -2.27. The van der Waals surface area contributed by atoms with Crippen LogP contribution < -0.4 is 0 Å². The molecule has 0 aromatic heterocycles. The van der Waals surface area contributed by atoms with Crippen LogP contribution in [-0.4, -0.2) is 96.8 Å². The van der Waals surface area contributed by atoms with Gasteiger partial charge < -0.3 is 52.5 Å². The third-order valence-electron chi connectivity index (χ3n) is 7.26. The van der Waals surface area contributed by atoms with Gasteiger partial charge >= 0.3 is 0 Å². The second-order valence-electron chi connectivity index (χ2n) is 12.2. The first-order chi connectivity index (χ1) is 16.5. The minimum Gasteiger partial charge on any atom is -0.387 e. The third kappa shape index (κ3) is 5.35. The van der Waals surface area contributed by atoms with Gasteiger partial charge in [-0.25, -0.2) is 0 Å². The number of rotatable bonds is 2. The van der Waals surface area contributed by atoms with E-state index in [-0.39, 0.29) is 36.6 Å². The summed E-state index contributed by atoms with van der Waals surface area (Å²) in [7, 11) is 0. The summed E-state index contributed by atoms with van der Waals surface area (Å²) in [5, 5.41) is 10.3. The third-order valence-corrected chi connectivity index (χ3v) is 7.26. The zero-order chi connectivity index (χ0) is 26.3. The summed E-state index contributed by atoms with van der Waals surface area (Å²) >= 11 is 0. The molecule has 6 fully saturated rings. The largest absolute Gasteiger partial charge is 0.387 e. The Balaban J connectivity index is 0.000000148. The molecule has 0 saturated carbocycles. The summed E-state index contributed by atoms with van der Waals surface area (Å²) in [5.74, 6) is -2.19. The van der Waals surface area contributed by atoms with E-state index in [0.717, 1.165) is 0 Å². The predicted octanol–water partition coefficient (Wildman–Crippen LogP) is 2.03. The van der Waals surface area contributed by atoms with Crippen molar-refractivity contribution in [2.75, 3.05) is 13.2 Å². The summed E-state index contributed by atoms with van der Waals surface area (Å²) in [4.78, 5) is 0. The minimum atomic E-state index is -0.765. The molecule has 0 bridgehead atoms. The Morgan fingerprint density at radius 1 is 0.528 bits per heavy atom. The predicted molar refractivity (Wildman–Crippen MR) is 122 cm³/mol. The van der Waals surface area contributed by atoms with E-state index >= 15 is 0 Å². The van der Waals surface area contributed by atoms with E-state index in [4.69, 9.17) is 47.4 Å². The van der Waals surface area contributed by atoms with E-state index in [1.54, 1.807) is 13.8 Å². The standard InChI is InChI=1S/C13H22O5.C12H20O6/c1-7-9(8-6-14-12(2,3)16-8)15-11-10(7)17-13(4,5)18-11;1-11(2)14-5-6(16-11)8-7(13)9-10(15-8)18-12(3,4)17-9/h7-11H,6H2,1-5H3;6-10,13H,5H2,1-4H3. The van der Waals surface area contributed by atoms with Gasteiger partial charge in [0.15, 0.2) is 35.7 Å². The lowest BCUT2D eigenvalue weighted by atomic mass is 9.97. The smallest absolute Gasteiger partial charge is 0.190 e. The van der Waals surface area contributed by atoms with E-state index in [1.807, 2.05) is 41.5 Å². The van der Waals surface area contributed by atoms with Gasteiger partial charge in [-0.05, 0) is 55.4 Å². The molecule has 0 aromatic rings. The fraction of sp³-hybridized carbons (Fsp3) is 1.00. The van der Waals surface area contributed by atoms with Gasteiger partial charge in [0.05, 0.1) is 19.3 Å². The highest BCUT2D eigenvalue weighted by Gasteiger charge is 2.58. The zero-order valence-electron chi connectivity index (χ0n) is 22.7. The highest BCUT2D eigenvalue weighted by molar-refractivity contribution is 4.98. The van der Waals surface area contributed by atoms with Gasteiger partial charge in [-0.15, -0.1) is 0 Å². The van der Waals surface area contributed by atoms with E-state index in [9.17, 15) is 5.11 Å². The van der Waals surface area contributed by atoms with Crippen molar-refractivity contribution in [3.8, 4) is 0 Å². The Hall–Kier alpha value is -0.440. The maximum absolute atomic E-state index is 10.3. The van der Waals surface area contributed by atoms with E-state index < -0.39 is 47.8 Å². The first kappa shape index (κ1) is 27.1. The number of hydrogen-bond acceptors (Lipinski definition) is 11. The Kier molecular flexibility index (Phi) is 6.83. The monoisotopic (exact) mass is 518 g/mol. The summed E-state index contributed by atoms with van der Waals surface area (Å²) in [5.41, 5.74) is 0. The van der Waals surface area contributed by atoms with E-state index in [0.29, 0.717) is 13.2 Å². The van der Waals surface area contributed by atoms with Crippen molar-refractivity contribution in [2.24, 2.45) is 5.92 Å². The van der Waals surface area contributed by atoms with Gasteiger partial charge in [-0.3, -0.25) is 0 Å². The van der Waals surface area contributed by atoms with E-state index in [1.165, 1.54) is 0 Å². The number of aliphatic hydroxyl groups excluding tert-OH is 1. The maximum atomic E-state index is 10.3. The molecule has 11 nitrogen and oxygen atoms in total. The van der Waals surface area contributed by atoms with Gasteiger partial charge in [0.2, 0.25) is 0 Å². The van der Waals surface area contributed by atoms with Gasteiger partial charge in [-0.1, -0.05) is 6.92 Å². The molecule has 11 heteroatoms. The first-order valence-corrected chi connectivity index (χ1v) is 12.9. The average molecular weight is 519 g/mol. The van der Waals surface area contributed by atoms with E-state index in [2.05, 4.69) is 6.92 Å². The summed E-state index contributed by atoms with van der Waals surface area (Å²) in [6, 6.07) is 0. The maximum Gasteiger partial charge on any atom is 0.190 e. The molecule has 0 amide bonds. The van der Waals surface area contributed by atoms with Crippen LogP contribution in [0.15, 0.2) is 0 Å². The number of hydrogen-bond donors (Lipinski definition) is 1. The minimum absolute atomic E-state index is 0.0164. The van der Waals surface area contributed by atoms with Gasteiger partial charge in [0.1, 0.15) is 36.6 Å². The SMILES string of the molecule is CC1(C)OCC(C2OC3OC(C)(C)OC3C2O)O1.CC1C(C2COC(C)(C)O2)OC2OC(C)(C)OC21. The van der Waals surface area contributed by atoms with Crippen LogP contribution in [0.1, 0.15) is 62.3 Å². The molecule has 10 atom stereocenters. The molecule has 208 valence electrons. The van der Waals surface area contributed by atoms with Crippen molar-refractivity contribution in [2.45, 2.75) is 141 Å². The molecule has 1 N–H and O–H groups in total. The fourth-order valence-corrected chi connectivity index (χ4v) is 5.69. The molecule has 0 radical (unpaired) electrons. The van der Waals surface area contributed by atoms with Crippen LogP contribution in [-0.2, 0) is 47.4 Å². The molecule has 0 aromatic carbocycles. The van der Waals surface area contributed by atoms with Crippen molar-refractivity contribution in [3.63, 3.8) is 0 Å². The van der Waals surface area contributed by atoms with Crippen LogP contribution in [0.4, 0.5) is 0 Å². The number of aliphatic hydroxyl groups is 1. The zero-order valence-corrected chi connectivity index (χ0v) is 22.7. The molecule has 6 aliphatic rings. The van der Waals surface area contributed by atoms with Crippen LogP contribution in [0.3, 0.4) is 0 Å². The van der Waals surface area contributed by atoms with Crippen molar-refractivity contribution in [1.82, 2.24) is 0 Å². The highest BCUT2D eigenvalue weighted by Crippen LogP contribution is 2.44. The molecule has 0 aliphatic carbocycles. The van der Waals surface area contributed by atoms with Gasteiger partial charge in [-0.2, -0.15) is 0 Å². The topological polar surface area (TPSA) is 113 Å². The Labute approximate surface area is 212 Å². The lowest BCUT2D eigenvalue weighted by molar-refractivity contribution is -0.232. The van der Waals surface area contributed by atoms with Gasteiger partial charge in [0.25, 0.3) is 0 Å². The molecular weight excluding hydrogens is 476 g/mol. The molecule has 0 spiro atoms. The van der Waals surface area contributed by atoms with Crippen LogP contribution in [0.5, 0.6) is 0 Å². The number of ether oxygens (including phenoxy) is 10. The van der Waals surface area contributed by atoms with Crippen molar-refractivity contribution >= 4 is 0 Å². The molecule has 6 saturated heterocycles. The van der Waals surface area contributed by atoms with Crippen LogP contribution in [0, 0.1) is 5.92 Å². The molecular formula is C25H42O11. The molecule has 10 unspecified atom stereocenters. The van der Waals surface area contributed by atoms with Crippen LogP contribution >= 0.6 is 0 Å². The first-order valence-electron chi connectivity index (χ1n) is 12.9. The molecule has 6 heterocycles. The summed E-state index contributed by atoms with van der Waals surface area (Å²) in [6.45, 7) is 18.0. The van der Waals surface area contributed by atoms with Crippen molar-refractivity contribution < 1.29 is 52.5 Å².